The zero-order chi connectivity index (χ0) is 22.5. The van der Waals surface area contributed by atoms with Crippen molar-refractivity contribution < 1.29 is 14.3 Å². The van der Waals surface area contributed by atoms with Gasteiger partial charge in [-0.15, -0.1) is 0 Å². The molecule has 4 aromatic rings. The lowest BCUT2D eigenvalue weighted by Gasteiger charge is -2.07. The summed E-state index contributed by atoms with van der Waals surface area (Å²) in [5, 5.41) is 10.0. The monoisotopic (exact) mass is 446 g/mol. The molecule has 0 radical (unpaired) electrons. The third-order valence-corrected chi connectivity index (χ3v) is 4.89. The molecule has 4 rings (SSSR count). The lowest BCUT2D eigenvalue weighted by atomic mass is 10.2. The van der Waals surface area contributed by atoms with Gasteiger partial charge in [0.2, 0.25) is 0 Å². The predicted molar refractivity (Wildman–Crippen MR) is 124 cm³/mol. The topological polar surface area (TPSA) is 85.2 Å². The smallest absolute Gasteiger partial charge is 0.276 e. The second kappa shape index (κ2) is 9.36. The molecular weight excluding hydrogens is 428 g/mol. The standard InChI is InChI=1S/C24H19ClN4O3/c1-29-22(27-23(30)19-9-5-6-10-20(19)25)15-21(28-29)24(31)26-16-11-13-18(14-12-16)32-17-7-3-2-4-8-17/h2-15H,1H3,(H,26,31)(H,27,30). The number of ether oxygens (including phenoxy) is 1. The van der Waals surface area contributed by atoms with E-state index in [2.05, 4.69) is 15.7 Å². The molecule has 0 atom stereocenters. The summed E-state index contributed by atoms with van der Waals surface area (Å²) in [6.07, 6.45) is 0. The maximum atomic E-state index is 12.6. The molecule has 0 aliphatic carbocycles. The Morgan fingerprint density at radius 3 is 2.22 bits per heavy atom. The summed E-state index contributed by atoms with van der Waals surface area (Å²) in [6.45, 7) is 0. The fourth-order valence-corrected chi connectivity index (χ4v) is 3.17. The lowest BCUT2D eigenvalue weighted by molar-refractivity contribution is 0.101. The highest BCUT2D eigenvalue weighted by Gasteiger charge is 2.16. The number of halogens is 1. The Labute approximate surface area is 189 Å². The van der Waals surface area contributed by atoms with Gasteiger partial charge < -0.3 is 15.4 Å². The summed E-state index contributed by atoms with van der Waals surface area (Å²) in [5.41, 5.74) is 1.08. The van der Waals surface area contributed by atoms with Gasteiger partial charge in [0.05, 0.1) is 10.6 Å². The maximum Gasteiger partial charge on any atom is 0.276 e. The average Bonchev–Trinajstić information content (AvgIpc) is 3.16. The maximum absolute atomic E-state index is 12.6. The summed E-state index contributed by atoms with van der Waals surface area (Å²) in [4.78, 5) is 25.1. The highest BCUT2D eigenvalue weighted by Crippen LogP contribution is 2.23. The van der Waals surface area contributed by atoms with Crippen molar-refractivity contribution in [3.63, 3.8) is 0 Å². The van der Waals surface area contributed by atoms with Gasteiger partial charge in [0.15, 0.2) is 5.69 Å². The quantitative estimate of drug-likeness (QED) is 0.417. The van der Waals surface area contributed by atoms with Gasteiger partial charge in [-0.2, -0.15) is 5.10 Å². The number of aryl methyl sites for hydroxylation is 1. The summed E-state index contributed by atoms with van der Waals surface area (Å²) >= 11 is 6.07. The number of benzene rings is 3. The Morgan fingerprint density at radius 2 is 1.50 bits per heavy atom. The molecule has 0 saturated heterocycles. The number of aromatic nitrogens is 2. The first-order valence-corrected chi connectivity index (χ1v) is 10.1. The van der Waals surface area contributed by atoms with Crippen molar-refractivity contribution in [2.75, 3.05) is 10.6 Å². The molecule has 2 N–H and O–H groups in total. The van der Waals surface area contributed by atoms with Crippen molar-refractivity contribution in [2.45, 2.75) is 0 Å². The van der Waals surface area contributed by atoms with Crippen LogP contribution in [0.2, 0.25) is 5.02 Å². The van der Waals surface area contributed by atoms with E-state index in [1.54, 1.807) is 55.6 Å². The zero-order valence-corrected chi connectivity index (χ0v) is 17.8. The van der Waals surface area contributed by atoms with Crippen LogP contribution in [0.1, 0.15) is 20.8 Å². The van der Waals surface area contributed by atoms with E-state index < -0.39 is 5.91 Å². The van der Waals surface area contributed by atoms with Crippen LogP contribution >= 0.6 is 11.6 Å². The molecule has 0 unspecified atom stereocenters. The molecular formula is C24H19ClN4O3. The number of para-hydroxylation sites is 1. The largest absolute Gasteiger partial charge is 0.457 e. The summed E-state index contributed by atoms with van der Waals surface area (Å²) < 4.78 is 7.16. The minimum atomic E-state index is -0.407. The minimum Gasteiger partial charge on any atom is -0.457 e. The predicted octanol–water partition coefficient (Wildman–Crippen LogP) is 5.37. The van der Waals surface area contributed by atoms with E-state index >= 15 is 0 Å². The van der Waals surface area contributed by atoms with E-state index in [-0.39, 0.29) is 11.6 Å². The lowest BCUT2D eigenvalue weighted by Crippen LogP contribution is -2.14. The number of amides is 2. The van der Waals surface area contributed by atoms with Gasteiger partial charge in [0.1, 0.15) is 17.3 Å². The van der Waals surface area contributed by atoms with Crippen molar-refractivity contribution in [3.8, 4) is 11.5 Å². The van der Waals surface area contributed by atoms with Gasteiger partial charge in [-0.05, 0) is 48.5 Å². The van der Waals surface area contributed by atoms with Gasteiger partial charge in [0.25, 0.3) is 11.8 Å². The van der Waals surface area contributed by atoms with Gasteiger partial charge >= 0.3 is 0 Å². The summed E-state index contributed by atoms with van der Waals surface area (Å²) in [6, 6.07) is 24.6. The van der Waals surface area contributed by atoms with E-state index in [0.717, 1.165) is 5.75 Å². The number of carbonyl (C=O) groups excluding carboxylic acids is 2. The number of hydrogen-bond donors (Lipinski definition) is 2. The van der Waals surface area contributed by atoms with E-state index in [0.29, 0.717) is 27.8 Å². The molecule has 3 aromatic carbocycles. The molecule has 0 bridgehead atoms. The number of hydrogen-bond acceptors (Lipinski definition) is 4. The number of anilines is 2. The molecule has 8 heteroatoms. The molecule has 7 nitrogen and oxygen atoms in total. The third-order valence-electron chi connectivity index (χ3n) is 4.56. The highest BCUT2D eigenvalue weighted by molar-refractivity contribution is 6.34. The van der Waals surface area contributed by atoms with Crippen LogP contribution in [0.4, 0.5) is 11.5 Å². The molecule has 0 fully saturated rings. The van der Waals surface area contributed by atoms with Crippen LogP contribution in [-0.4, -0.2) is 21.6 Å². The fraction of sp³-hybridized carbons (Fsp3) is 0.0417. The van der Waals surface area contributed by atoms with Crippen molar-refractivity contribution in [1.82, 2.24) is 9.78 Å². The molecule has 0 aliphatic rings. The van der Waals surface area contributed by atoms with Crippen molar-refractivity contribution in [1.29, 1.82) is 0 Å². The van der Waals surface area contributed by atoms with Crippen LogP contribution in [0.15, 0.2) is 84.9 Å². The molecule has 0 spiro atoms. The van der Waals surface area contributed by atoms with Crippen LogP contribution < -0.4 is 15.4 Å². The normalized spacial score (nSPS) is 10.4. The SMILES string of the molecule is Cn1nc(C(=O)Nc2ccc(Oc3ccccc3)cc2)cc1NC(=O)c1ccccc1Cl. The first kappa shape index (κ1) is 21.1. The second-order valence-electron chi connectivity index (χ2n) is 6.87. The molecule has 1 heterocycles. The summed E-state index contributed by atoms with van der Waals surface area (Å²) in [7, 11) is 1.63. The number of carbonyl (C=O) groups is 2. The number of rotatable bonds is 6. The fourth-order valence-electron chi connectivity index (χ4n) is 2.95. The first-order valence-electron chi connectivity index (χ1n) is 9.74. The first-order chi connectivity index (χ1) is 15.5. The number of nitrogens with zero attached hydrogens (tertiary/aromatic N) is 2. The van der Waals surface area contributed by atoms with Gasteiger partial charge in [0, 0.05) is 18.8 Å². The van der Waals surface area contributed by atoms with Crippen LogP contribution in [-0.2, 0) is 7.05 Å². The van der Waals surface area contributed by atoms with Gasteiger partial charge in [-0.3, -0.25) is 14.3 Å². The minimum absolute atomic E-state index is 0.159. The molecule has 1 aromatic heterocycles. The molecule has 2 amide bonds. The van der Waals surface area contributed by atoms with E-state index in [4.69, 9.17) is 16.3 Å². The second-order valence-corrected chi connectivity index (χ2v) is 7.27. The van der Waals surface area contributed by atoms with Gasteiger partial charge in [-0.1, -0.05) is 41.9 Å². The van der Waals surface area contributed by atoms with Crippen molar-refractivity contribution in [3.05, 3.63) is 101 Å². The third kappa shape index (κ3) is 4.96. The molecule has 32 heavy (non-hydrogen) atoms. The Morgan fingerprint density at radius 1 is 0.844 bits per heavy atom. The molecule has 0 saturated carbocycles. The average molecular weight is 447 g/mol. The number of nitrogens with one attached hydrogen (secondary N) is 2. The van der Waals surface area contributed by atoms with Crippen LogP contribution in [0.3, 0.4) is 0 Å². The van der Waals surface area contributed by atoms with Crippen LogP contribution in [0, 0.1) is 0 Å². The zero-order valence-electron chi connectivity index (χ0n) is 17.1. The van der Waals surface area contributed by atoms with E-state index in [1.165, 1.54) is 10.7 Å². The Bertz CT molecular complexity index is 1250. The van der Waals surface area contributed by atoms with Gasteiger partial charge in [-0.25, -0.2) is 0 Å². The Kier molecular flexibility index (Phi) is 6.19. The van der Waals surface area contributed by atoms with Crippen molar-refractivity contribution in [2.24, 2.45) is 7.05 Å². The van der Waals surface area contributed by atoms with Crippen molar-refractivity contribution >= 4 is 34.9 Å². The Hall–Kier alpha value is -4.10. The molecule has 160 valence electrons. The van der Waals surface area contributed by atoms with Crippen LogP contribution in [0.25, 0.3) is 0 Å². The molecule has 0 aliphatic heterocycles. The van der Waals surface area contributed by atoms with Crippen LogP contribution in [0.5, 0.6) is 11.5 Å². The Balaban J connectivity index is 1.41. The van der Waals surface area contributed by atoms with E-state index in [1.807, 2.05) is 30.3 Å². The summed E-state index contributed by atoms with van der Waals surface area (Å²) in [5.74, 6) is 0.947. The van der Waals surface area contributed by atoms with E-state index in [9.17, 15) is 9.59 Å². The highest BCUT2D eigenvalue weighted by atomic mass is 35.5.